The zero-order chi connectivity index (χ0) is 16.1. The maximum atomic E-state index is 13.9. The zero-order valence-electron chi connectivity index (χ0n) is 12.7. The summed E-state index contributed by atoms with van der Waals surface area (Å²) in [6.45, 7) is 1.38. The number of hydrogen-bond donors (Lipinski definition) is 0. The summed E-state index contributed by atoms with van der Waals surface area (Å²) in [5.41, 5.74) is 0.751. The van der Waals surface area contributed by atoms with Crippen LogP contribution >= 0.6 is 23.1 Å². The monoisotopic (exact) mass is 347 g/mol. The molecule has 0 bridgehead atoms. The molecule has 1 aliphatic rings. The lowest BCUT2D eigenvalue weighted by molar-refractivity contribution is -0.125. The lowest BCUT2D eigenvalue weighted by Crippen LogP contribution is -2.31. The SMILES string of the molecule is O=C(/C=C/c1cccs1)N1CCS[C@@H](c2ccccc2F)CC1. The summed E-state index contributed by atoms with van der Waals surface area (Å²) in [6.07, 6.45) is 4.28. The number of thioether (sulfide) groups is 1. The first-order chi connectivity index (χ1) is 11.2. The molecule has 23 heavy (non-hydrogen) atoms. The molecule has 0 radical (unpaired) electrons. The van der Waals surface area contributed by atoms with Crippen molar-refractivity contribution in [1.29, 1.82) is 0 Å². The predicted octanol–water partition coefficient (Wildman–Crippen LogP) is 4.61. The molecule has 2 heterocycles. The van der Waals surface area contributed by atoms with Crippen LogP contribution in [-0.4, -0.2) is 29.6 Å². The maximum absolute atomic E-state index is 13.9. The molecule has 3 rings (SSSR count). The van der Waals surface area contributed by atoms with E-state index in [4.69, 9.17) is 0 Å². The Balaban J connectivity index is 1.62. The van der Waals surface area contributed by atoms with Gasteiger partial charge in [-0.05, 0) is 30.0 Å². The summed E-state index contributed by atoms with van der Waals surface area (Å²) in [5.74, 6) is 0.716. The molecular formula is C18H18FNOS2. The Morgan fingerprint density at radius 2 is 2.09 bits per heavy atom. The van der Waals surface area contributed by atoms with E-state index in [2.05, 4.69) is 0 Å². The van der Waals surface area contributed by atoms with Crippen LogP contribution in [0, 0.1) is 5.82 Å². The Labute approximate surface area is 144 Å². The number of amides is 1. The van der Waals surface area contributed by atoms with Gasteiger partial charge in [-0.1, -0.05) is 24.3 Å². The molecule has 1 aromatic heterocycles. The first-order valence-corrected chi connectivity index (χ1v) is 9.53. The molecule has 2 aromatic rings. The van der Waals surface area contributed by atoms with Crippen LogP contribution in [0.5, 0.6) is 0 Å². The summed E-state index contributed by atoms with van der Waals surface area (Å²) < 4.78 is 13.9. The minimum Gasteiger partial charge on any atom is -0.338 e. The normalized spacial score (nSPS) is 19.0. The molecule has 120 valence electrons. The smallest absolute Gasteiger partial charge is 0.246 e. The predicted molar refractivity (Wildman–Crippen MR) is 96.1 cm³/mol. The van der Waals surface area contributed by atoms with E-state index >= 15 is 0 Å². The van der Waals surface area contributed by atoms with Crippen molar-refractivity contribution in [3.05, 3.63) is 64.1 Å². The molecule has 5 heteroatoms. The highest BCUT2D eigenvalue weighted by atomic mass is 32.2. The van der Waals surface area contributed by atoms with Crippen molar-refractivity contribution in [3.8, 4) is 0 Å². The van der Waals surface area contributed by atoms with E-state index in [0.29, 0.717) is 13.1 Å². The molecule has 1 aliphatic heterocycles. The molecule has 0 spiro atoms. The van der Waals surface area contributed by atoms with E-state index in [1.807, 2.05) is 40.6 Å². The van der Waals surface area contributed by atoms with Crippen molar-refractivity contribution in [2.24, 2.45) is 0 Å². The number of carbonyl (C=O) groups excluding carboxylic acids is 1. The number of rotatable bonds is 3. The molecular weight excluding hydrogens is 329 g/mol. The van der Waals surface area contributed by atoms with E-state index in [9.17, 15) is 9.18 Å². The minimum atomic E-state index is -0.151. The highest BCUT2D eigenvalue weighted by Gasteiger charge is 2.22. The fraction of sp³-hybridized carbons (Fsp3) is 0.278. The van der Waals surface area contributed by atoms with Crippen LogP contribution in [0.2, 0.25) is 0 Å². The Morgan fingerprint density at radius 3 is 2.87 bits per heavy atom. The van der Waals surface area contributed by atoms with Crippen LogP contribution in [-0.2, 0) is 4.79 Å². The molecule has 0 unspecified atom stereocenters. The van der Waals surface area contributed by atoms with Gasteiger partial charge < -0.3 is 4.90 Å². The summed E-state index contributed by atoms with van der Waals surface area (Å²) >= 11 is 3.34. The first-order valence-electron chi connectivity index (χ1n) is 7.60. The Kier molecular flexibility index (Phi) is 5.51. The molecule has 1 aromatic carbocycles. The second kappa shape index (κ2) is 7.79. The van der Waals surface area contributed by atoms with Gasteiger partial charge in [0, 0.05) is 40.6 Å². The number of carbonyl (C=O) groups is 1. The molecule has 1 atom stereocenters. The average Bonchev–Trinajstić information content (AvgIpc) is 2.96. The lowest BCUT2D eigenvalue weighted by Gasteiger charge is -2.18. The van der Waals surface area contributed by atoms with Crippen molar-refractivity contribution >= 4 is 35.1 Å². The standard InChI is InChI=1S/C18H18FNOS2/c19-16-6-2-1-5-15(16)17-9-10-20(11-13-23-17)18(21)8-7-14-4-3-12-22-14/h1-8,12,17H,9-11,13H2/b8-7+/t17-/m1/s1. The zero-order valence-corrected chi connectivity index (χ0v) is 14.3. The fourth-order valence-corrected chi connectivity index (χ4v) is 4.49. The van der Waals surface area contributed by atoms with E-state index in [-0.39, 0.29) is 17.0 Å². The quantitative estimate of drug-likeness (QED) is 0.756. The molecule has 1 fully saturated rings. The number of nitrogens with zero attached hydrogens (tertiary/aromatic N) is 1. The van der Waals surface area contributed by atoms with Crippen LogP contribution < -0.4 is 0 Å². The molecule has 0 saturated carbocycles. The van der Waals surface area contributed by atoms with Crippen LogP contribution in [0.15, 0.2) is 47.9 Å². The van der Waals surface area contributed by atoms with E-state index in [1.165, 1.54) is 6.07 Å². The van der Waals surface area contributed by atoms with Gasteiger partial charge in [0.1, 0.15) is 5.82 Å². The van der Waals surface area contributed by atoms with Gasteiger partial charge in [-0.25, -0.2) is 4.39 Å². The van der Waals surface area contributed by atoms with Gasteiger partial charge in [-0.2, -0.15) is 11.8 Å². The average molecular weight is 347 g/mol. The van der Waals surface area contributed by atoms with Crippen molar-refractivity contribution in [2.45, 2.75) is 11.7 Å². The molecule has 2 nitrogen and oxygen atoms in total. The van der Waals surface area contributed by atoms with E-state index < -0.39 is 0 Å². The molecule has 0 aliphatic carbocycles. The second-order valence-corrected chi connectivity index (χ2v) is 7.63. The van der Waals surface area contributed by atoms with Crippen LogP contribution in [0.4, 0.5) is 4.39 Å². The van der Waals surface area contributed by atoms with E-state index in [0.717, 1.165) is 22.6 Å². The summed E-state index contributed by atoms with van der Waals surface area (Å²) in [4.78, 5) is 15.3. The lowest BCUT2D eigenvalue weighted by atomic mass is 10.1. The molecule has 1 amide bonds. The second-order valence-electron chi connectivity index (χ2n) is 5.34. The third-order valence-electron chi connectivity index (χ3n) is 3.84. The van der Waals surface area contributed by atoms with E-state index in [1.54, 1.807) is 35.2 Å². The number of hydrogen-bond acceptors (Lipinski definition) is 3. The first kappa shape index (κ1) is 16.3. The third kappa shape index (κ3) is 4.24. The summed E-state index contributed by atoms with van der Waals surface area (Å²) in [5, 5.41) is 2.11. The highest BCUT2D eigenvalue weighted by Crippen LogP contribution is 2.35. The fourth-order valence-electron chi connectivity index (χ4n) is 2.62. The third-order valence-corrected chi connectivity index (χ3v) is 5.99. The van der Waals surface area contributed by atoms with Gasteiger partial charge in [-0.3, -0.25) is 4.79 Å². The minimum absolute atomic E-state index is 0.0354. The largest absolute Gasteiger partial charge is 0.338 e. The van der Waals surface area contributed by atoms with Gasteiger partial charge in [0.15, 0.2) is 0 Å². The summed E-state index contributed by atoms with van der Waals surface area (Å²) in [6, 6.07) is 10.9. The van der Waals surface area contributed by atoms with Gasteiger partial charge >= 0.3 is 0 Å². The van der Waals surface area contributed by atoms with Crippen LogP contribution in [0.3, 0.4) is 0 Å². The van der Waals surface area contributed by atoms with Crippen molar-refractivity contribution in [1.82, 2.24) is 4.90 Å². The number of halogens is 1. The van der Waals surface area contributed by atoms with Gasteiger partial charge in [0.2, 0.25) is 5.91 Å². The number of benzene rings is 1. The van der Waals surface area contributed by atoms with Gasteiger partial charge in [-0.15, -0.1) is 11.3 Å². The topological polar surface area (TPSA) is 20.3 Å². The Hall–Kier alpha value is -1.59. The van der Waals surface area contributed by atoms with Crippen molar-refractivity contribution in [2.75, 3.05) is 18.8 Å². The van der Waals surface area contributed by atoms with Crippen LogP contribution in [0.25, 0.3) is 6.08 Å². The number of thiophene rings is 1. The molecule has 1 saturated heterocycles. The maximum Gasteiger partial charge on any atom is 0.246 e. The van der Waals surface area contributed by atoms with Gasteiger partial charge in [0.25, 0.3) is 0 Å². The summed E-state index contributed by atoms with van der Waals surface area (Å²) in [7, 11) is 0. The van der Waals surface area contributed by atoms with Gasteiger partial charge in [0.05, 0.1) is 0 Å². The Morgan fingerprint density at radius 1 is 1.22 bits per heavy atom. The Bertz CT molecular complexity index is 684. The van der Waals surface area contributed by atoms with Crippen molar-refractivity contribution < 1.29 is 9.18 Å². The van der Waals surface area contributed by atoms with Crippen molar-refractivity contribution in [3.63, 3.8) is 0 Å². The highest BCUT2D eigenvalue weighted by molar-refractivity contribution is 7.99. The van der Waals surface area contributed by atoms with Crippen LogP contribution in [0.1, 0.15) is 22.1 Å². The molecule has 0 N–H and O–H groups in total.